The molecule has 1 aromatic heterocycles. The van der Waals surface area contributed by atoms with E-state index in [-0.39, 0.29) is 17.5 Å². The maximum Gasteiger partial charge on any atom is 0.277 e. The molecule has 0 saturated heterocycles. The molecule has 4 nitrogen and oxygen atoms in total. The fraction of sp³-hybridized carbons (Fsp3) is 0.308. The summed E-state index contributed by atoms with van der Waals surface area (Å²) < 4.78 is 5.42. The zero-order valence-electron chi connectivity index (χ0n) is 10.9. The third-order valence-corrected chi connectivity index (χ3v) is 3.84. The van der Waals surface area contributed by atoms with Crippen LogP contribution in [0.1, 0.15) is 36.0 Å². The van der Waals surface area contributed by atoms with Gasteiger partial charge < -0.3 is 4.42 Å². The fourth-order valence-corrected chi connectivity index (χ4v) is 2.60. The summed E-state index contributed by atoms with van der Waals surface area (Å²) in [5.41, 5.74) is 0.437. The molecule has 0 spiro atoms. The minimum atomic E-state index is -0.110. The van der Waals surface area contributed by atoms with Crippen molar-refractivity contribution < 1.29 is 9.21 Å². The molecule has 0 saturated carbocycles. The van der Waals surface area contributed by atoms with E-state index >= 15 is 0 Å². The van der Waals surface area contributed by atoms with Crippen molar-refractivity contribution in [1.29, 1.82) is 0 Å². The molecule has 0 unspecified atom stereocenters. The van der Waals surface area contributed by atoms with Gasteiger partial charge in [-0.1, -0.05) is 48.8 Å². The Kier molecular flexibility index (Phi) is 5.07. The van der Waals surface area contributed by atoms with Crippen LogP contribution in [0.25, 0.3) is 0 Å². The molecule has 2 aromatic rings. The predicted octanol–water partition coefficient (Wildman–Crippen LogP) is 4.47. The number of hydrogen-bond donors (Lipinski definition) is 0. The molecule has 0 amide bonds. The van der Waals surface area contributed by atoms with Gasteiger partial charge >= 0.3 is 0 Å². The minimum absolute atomic E-state index is 0.110. The Labute approximate surface area is 130 Å². The highest BCUT2D eigenvalue weighted by atomic mass is 35.5. The lowest BCUT2D eigenvalue weighted by atomic mass is 10.1. The van der Waals surface area contributed by atoms with E-state index in [0.717, 1.165) is 0 Å². The average Bonchev–Trinajstić information content (AvgIpc) is 2.85. The number of halogens is 2. The molecule has 0 bridgehead atoms. The number of rotatable bonds is 5. The lowest BCUT2D eigenvalue weighted by molar-refractivity contribution is 0.102. The second-order valence-electron chi connectivity index (χ2n) is 4.40. The Morgan fingerprint density at radius 1 is 1.35 bits per heavy atom. The zero-order valence-corrected chi connectivity index (χ0v) is 13.2. The first-order valence-electron chi connectivity index (χ1n) is 5.92. The first-order chi connectivity index (χ1) is 9.47. The Morgan fingerprint density at radius 2 is 2.10 bits per heavy atom. The molecular formula is C13H12Cl2N2O2S. The van der Waals surface area contributed by atoms with Gasteiger partial charge in [-0.3, -0.25) is 4.79 Å². The van der Waals surface area contributed by atoms with Crippen molar-refractivity contribution in [1.82, 2.24) is 10.2 Å². The molecule has 0 aliphatic rings. The molecule has 0 fully saturated rings. The van der Waals surface area contributed by atoms with Gasteiger partial charge in [-0.15, -0.1) is 10.2 Å². The van der Waals surface area contributed by atoms with E-state index in [9.17, 15) is 4.79 Å². The Hall–Kier alpha value is -1.04. The smallest absolute Gasteiger partial charge is 0.277 e. The van der Waals surface area contributed by atoms with Gasteiger partial charge in [-0.2, -0.15) is 0 Å². The van der Waals surface area contributed by atoms with Crippen molar-refractivity contribution in [2.75, 3.05) is 5.75 Å². The van der Waals surface area contributed by atoms with Gasteiger partial charge in [-0.25, -0.2) is 0 Å². The number of benzene rings is 1. The summed E-state index contributed by atoms with van der Waals surface area (Å²) in [6.45, 7) is 3.92. The predicted molar refractivity (Wildman–Crippen MR) is 79.9 cm³/mol. The lowest BCUT2D eigenvalue weighted by Gasteiger charge is -2.02. The number of ketones is 1. The van der Waals surface area contributed by atoms with E-state index in [0.29, 0.717) is 26.7 Å². The Morgan fingerprint density at radius 3 is 2.70 bits per heavy atom. The zero-order chi connectivity index (χ0) is 14.7. The van der Waals surface area contributed by atoms with E-state index in [4.69, 9.17) is 27.6 Å². The van der Waals surface area contributed by atoms with Crippen molar-refractivity contribution in [3.8, 4) is 0 Å². The van der Waals surface area contributed by atoms with Crippen LogP contribution >= 0.6 is 35.0 Å². The van der Waals surface area contributed by atoms with Crippen LogP contribution in [0.15, 0.2) is 27.8 Å². The van der Waals surface area contributed by atoms with E-state index in [1.54, 1.807) is 18.2 Å². The number of nitrogens with zero attached hydrogens (tertiary/aromatic N) is 2. The highest BCUT2D eigenvalue weighted by Gasteiger charge is 2.15. The van der Waals surface area contributed by atoms with Crippen LogP contribution in [-0.4, -0.2) is 21.7 Å². The Bertz CT molecular complexity index is 629. The van der Waals surface area contributed by atoms with Crippen LogP contribution in [-0.2, 0) is 0 Å². The van der Waals surface area contributed by atoms with Crippen molar-refractivity contribution in [3.05, 3.63) is 39.7 Å². The van der Waals surface area contributed by atoms with Crippen LogP contribution in [0.5, 0.6) is 0 Å². The van der Waals surface area contributed by atoms with Gasteiger partial charge in [0.2, 0.25) is 5.89 Å². The second kappa shape index (κ2) is 6.61. The van der Waals surface area contributed by atoms with Crippen molar-refractivity contribution in [2.24, 2.45) is 0 Å². The summed E-state index contributed by atoms with van der Waals surface area (Å²) in [6, 6.07) is 4.79. The van der Waals surface area contributed by atoms with Gasteiger partial charge in [0.1, 0.15) is 0 Å². The molecule has 0 radical (unpaired) electrons. The van der Waals surface area contributed by atoms with Crippen LogP contribution in [0.4, 0.5) is 0 Å². The summed E-state index contributed by atoms with van der Waals surface area (Å²) in [7, 11) is 0. The molecule has 0 aliphatic heterocycles. The van der Waals surface area contributed by atoms with Crippen LogP contribution in [0, 0.1) is 0 Å². The van der Waals surface area contributed by atoms with E-state index in [1.807, 2.05) is 13.8 Å². The first kappa shape index (κ1) is 15.4. The molecule has 20 heavy (non-hydrogen) atoms. The molecular weight excluding hydrogens is 319 g/mol. The van der Waals surface area contributed by atoms with Gasteiger partial charge in [0, 0.05) is 16.5 Å². The summed E-state index contributed by atoms with van der Waals surface area (Å²) >= 11 is 13.0. The average molecular weight is 331 g/mol. The highest BCUT2D eigenvalue weighted by Crippen LogP contribution is 2.25. The SMILES string of the molecule is CC(C)c1nnc(SCC(=O)c2ccc(Cl)cc2Cl)o1. The summed E-state index contributed by atoms with van der Waals surface area (Å²) in [5, 5.41) is 9.01. The quantitative estimate of drug-likeness (QED) is 0.597. The normalized spacial score (nSPS) is 11.1. The largest absolute Gasteiger partial charge is 0.416 e. The summed E-state index contributed by atoms with van der Waals surface area (Å²) in [4.78, 5) is 12.1. The third kappa shape index (κ3) is 3.75. The number of thioether (sulfide) groups is 1. The second-order valence-corrected chi connectivity index (χ2v) is 6.17. The van der Waals surface area contributed by atoms with Crippen LogP contribution in [0.2, 0.25) is 10.0 Å². The first-order valence-corrected chi connectivity index (χ1v) is 7.66. The van der Waals surface area contributed by atoms with Gasteiger partial charge in [0.15, 0.2) is 5.78 Å². The maximum absolute atomic E-state index is 12.1. The molecule has 7 heteroatoms. The lowest BCUT2D eigenvalue weighted by Crippen LogP contribution is -2.03. The third-order valence-electron chi connectivity index (χ3n) is 2.47. The van der Waals surface area contributed by atoms with E-state index in [1.165, 1.54) is 11.8 Å². The molecule has 1 heterocycles. The monoisotopic (exact) mass is 330 g/mol. The standard InChI is InChI=1S/C13H12Cl2N2O2S/c1-7(2)12-16-17-13(19-12)20-6-11(18)9-4-3-8(14)5-10(9)15/h3-5,7H,6H2,1-2H3. The van der Waals surface area contributed by atoms with Crippen molar-refractivity contribution in [3.63, 3.8) is 0 Å². The molecule has 2 rings (SSSR count). The van der Waals surface area contributed by atoms with Crippen LogP contribution in [0.3, 0.4) is 0 Å². The minimum Gasteiger partial charge on any atom is -0.416 e. The molecule has 0 aliphatic carbocycles. The maximum atomic E-state index is 12.1. The number of carbonyl (C=O) groups is 1. The van der Waals surface area contributed by atoms with Crippen LogP contribution < -0.4 is 0 Å². The topological polar surface area (TPSA) is 56.0 Å². The van der Waals surface area contributed by atoms with E-state index in [2.05, 4.69) is 10.2 Å². The number of aromatic nitrogens is 2. The van der Waals surface area contributed by atoms with Gasteiger partial charge in [0.25, 0.3) is 5.22 Å². The molecule has 0 atom stereocenters. The Balaban J connectivity index is 2.01. The fourth-order valence-electron chi connectivity index (χ4n) is 1.43. The summed E-state index contributed by atoms with van der Waals surface area (Å²) in [6.07, 6.45) is 0. The molecule has 0 N–H and O–H groups in total. The van der Waals surface area contributed by atoms with E-state index < -0.39 is 0 Å². The highest BCUT2D eigenvalue weighted by molar-refractivity contribution is 7.99. The van der Waals surface area contributed by atoms with Crippen molar-refractivity contribution >= 4 is 40.7 Å². The number of Topliss-reactive ketones (excluding diaryl/α,β-unsaturated/α-hetero) is 1. The number of hydrogen-bond acceptors (Lipinski definition) is 5. The molecule has 106 valence electrons. The van der Waals surface area contributed by atoms with Crippen molar-refractivity contribution in [2.45, 2.75) is 25.0 Å². The van der Waals surface area contributed by atoms with Gasteiger partial charge in [0.05, 0.1) is 10.8 Å². The molecule has 1 aromatic carbocycles. The van der Waals surface area contributed by atoms with Gasteiger partial charge in [-0.05, 0) is 18.2 Å². The number of carbonyl (C=O) groups excluding carboxylic acids is 1. The summed E-state index contributed by atoms with van der Waals surface area (Å²) in [5.74, 6) is 0.796.